The van der Waals surface area contributed by atoms with Gasteiger partial charge in [-0.05, 0) is 41.8 Å². The normalized spacial score (nSPS) is 9.90. The molecule has 2 aromatic carbocycles. The van der Waals surface area contributed by atoms with Crippen molar-refractivity contribution in [2.75, 3.05) is 6.61 Å². The van der Waals surface area contributed by atoms with Gasteiger partial charge in [0.05, 0.1) is 18.2 Å². The van der Waals surface area contributed by atoms with Gasteiger partial charge in [0.2, 0.25) is 0 Å². The second kappa shape index (κ2) is 6.58. The Balaban J connectivity index is 2.44. The van der Waals surface area contributed by atoms with E-state index >= 15 is 0 Å². The predicted octanol–water partition coefficient (Wildman–Crippen LogP) is 3.71. The number of aromatic carboxylic acids is 1. The van der Waals surface area contributed by atoms with E-state index in [0.29, 0.717) is 17.9 Å². The highest BCUT2D eigenvalue weighted by Crippen LogP contribution is 2.27. The Bertz CT molecular complexity index is 701. The van der Waals surface area contributed by atoms with Crippen LogP contribution in [0.1, 0.15) is 29.3 Å². The zero-order chi connectivity index (χ0) is 15.2. The van der Waals surface area contributed by atoms with Crippen LogP contribution in [-0.2, 0) is 0 Å². The average Bonchev–Trinajstić information content (AvgIpc) is 2.52. The first-order valence-electron chi connectivity index (χ1n) is 6.66. The van der Waals surface area contributed by atoms with Crippen LogP contribution >= 0.6 is 0 Å². The summed E-state index contributed by atoms with van der Waals surface area (Å²) in [6.45, 7) is 2.44. The SMILES string of the molecule is CCCOc1ccc(-c2cccc(C#N)c2)cc1C(=O)O. The lowest BCUT2D eigenvalue weighted by molar-refractivity contribution is 0.0692. The van der Waals surface area contributed by atoms with Crippen molar-refractivity contribution in [1.29, 1.82) is 5.26 Å². The minimum absolute atomic E-state index is 0.128. The molecule has 4 nitrogen and oxygen atoms in total. The summed E-state index contributed by atoms with van der Waals surface area (Å²) in [6.07, 6.45) is 0.811. The highest BCUT2D eigenvalue weighted by Gasteiger charge is 2.13. The van der Waals surface area contributed by atoms with Crippen LogP contribution in [-0.4, -0.2) is 17.7 Å². The Morgan fingerprint density at radius 2 is 2.00 bits per heavy atom. The summed E-state index contributed by atoms with van der Waals surface area (Å²) < 4.78 is 5.45. The van der Waals surface area contributed by atoms with Crippen LogP contribution in [0.15, 0.2) is 42.5 Å². The van der Waals surface area contributed by atoms with Crippen molar-refractivity contribution in [2.45, 2.75) is 13.3 Å². The molecule has 0 aliphatic rings. The van der Waals surface area contributed by atoms with Crippen LogP contribution in [0, 0.1) is 11.3 Å². The Kier molecular flexibility index (Phi) is 4.57. The van der Waals surface area contributed by atoms with Gasteiger partial charge in [-0.3, -0.25) is 0 Å². The zero-order valence-electron chi connectivity index (χ0n) is 11.7. The third kappa shape index (κ3) is 3.40. The van der Waals surface area contributed by atoms with Crippen molar-refractivity contribution in [3.63, 3.8) is 0 Å². The molecule has 1 N–H and O–H groups in total. The summed E-state index contributed by atoms with van der Waals surface area (Å²) in [7, 11) is 0. The molecule has 2 aromatic rings. The van der Waals surface area contributed by atoms with Crippen LogP contribution < -0.4 is 4.74 Å². The Morgan fingerprint density at radius 3 is 2.67 bits per heavy atom. The van der Waals surface area contributed by atoms with E-state index in [9.17, 15) is 9.90 Å². The molecule has 0 bridgehead atoms. The molecule has 0 saturated heterocycles. The predicted molar refractivity (Wildman–Crippen MR) is 79.3 cm³/mol. The van der Waals surface area contributed by atoms with E-state index in [1.807, 2.05) is 13.0 Å². The largest absolute Gasteiger partial charge is 0.493 e. The molecule has 106 valence electrons. The number of benzene rings is 2. The van der Waals surface area contributed by atoms with Gasteiger partial charge in [0.15, 0.2) is 0 Å². The second-order valence-electron chi connectivity index (χ2n) is 4.56. The van der Waals surface area contributed by atoms with E-state index in [2.05, 4.69) is 6.07 Å². The van der Waals surface area contributed by atoms with Gasteiger partial charge in [-0.1, -0.05) is 25.1 Å². The second-order valence-corrected chi connectivity index (χ2v) is 4.56. The van der Waals surface area contributed by atoms with E-state index in [0.717, 1.165) is 17.5 Å². The van der Waals surface area contributed by atoms with Gasteiger partial charge in [0.1, 0.15) is 11.3 Å². The topological polar surface area (TPSA) is 70.3 Å². The summed E-state index contributed by atoms with van der Waals surface area (Å²) in [5.74, 6) is -0.663. The molecular formula is C17H15NO3. The zero-order valence-corrected chi connectivity index (χ0v) is 11.7. The number of ether oxygens (including phenoxy) is 1. The molecule has 21 heavy (non-hydrogen) atoms. The van der Waals surface area contributed by atoms with Gasteiger partial charge in [-0.25, -0.2) is 4.79 Å². The molecule has 2 rings (SSSR count). The van der Waals surface area contributed by atoms with E-state index < -0.39 is 5.97 Å². The van der Waals surface area contributed by atoms with Crippen molar-refractivity contribution in [3.05, 3.63) is 53.6 Å². The lowest BCUT2D eigenvalue weighted by Gasteiger charge is -2.10. The number of carbonyl (C=O) groups is 1. The standard InChI is InChI=1S/C17H15NO3/c1-2-8-21-16-7-6-14(10-15(16)17(19)20)13-5-3-4-12(9-13)11-18/h3-7,9-10H,2,8H2,1H3,(H,19,20). The minimum Gasteiger partial charge on any atom is -0.493 e. The smallest absolute Gasteiger partial charge is 0.339 e. The number of hydrogen-bond acceptors (Lipinski definition) is 3. The highest BCUT2D eigenvalue weighted by atomic mass is 16.5. The van der Waals surface area contributed by atoms with Crippen molar-refractivity contribution < 1.29 is 14.6 Å². The molecule has 0 aromatic heterocycles. The van der Waals surface area contributed by atoms with Gasteiger partial charge in [0, 0.05) is 0 Å². The summed E-state index contributed by atoms with van der Waals surface area (Å²) >= 11 is 0. The van der Waals surface area contributed by atoms with E-state index in [-0.39, 0.29) is 5.56 Å². The summed E-state index contributed by atoms with van der Waals surface area (Å²) in [5, 5.41) is 18.2. The van der Waals surface area contributed by atoms with Crippen molar-refractivity contribution >= 4 is 5.97 Å². The number of rotatable bonds is 5. The number of nitriles is 1. The molecule has 0 spiro atoms. The third-order valence-corrected chi connectivity index (χ3v) is 3.00. The molecule has 0 heterocycles. The monoisotopic (exact) mass is 281 g/mol. The summed E-state index contributed by atoms with van der Waals surface area (Å²) in [6, 6.07) is 14.2. The fraction of sp³-hybridized carbons (Fsp3) is 0.176. The first-order valence-corrected chi connectivity index (χ1v) is 6.66. The molecule has 4 heteroatoms. The molecule has 0 atom stereocenters. The maximum Gasteiger partial charge on any atom is 0.339 e. The molecule has 0 radical (unpaired) electrons. The molecule has 0 unspecified atom stereocenters. The van der Waals surface area contributed by atoms with E-state index in [4.69, 9.17) is 10.00 Å². The maximum absolute atomic E-state index is 11.4. The minimum atomic E-state index is -1.03. The number of carboxylic acid groups (broad SMARTS) is 1. The van der Waals surface area contributed by atoms with E-state index in [1.165, 1.54) is 0 Å². The van der Waals surface area contributed by atoms with Gasteiger partial charge in [-0.2, -0.15) is 5.26 Å². The maximum atomic E-state index is 11.4. The van der Waals surface area contributed by atoms with Crippen molar-refractivity contribution in [2.24, 2.45) is 0 Å². The fourth-order valence-electron chi connectivity index (χ4n) is 1.98. The van der Waals surface area contributed by atoms with Crippen LogP contribution in [0.4, 0.5) is 0 Å². The molecular weight excluding hydrogens is 266 g/mol. The molecule has 0 aliphatic heterocycles. The van der Waals surface area contributed by atoms with Gasteiger partial charge < -0.3 is 9.84 Å². The van der Waals surface area contributed by atoms with Gasteiger partial charge in [0.25, 0.3) is 0 Å². The van der Waals surface area contributed by atoms with Crippen molar-refractivity contribution in [3.8, 4) is 22.9 Å². The lowest BCUT2D eigenvalue weighted by Crippen LogP contribution is -2.04. The van der Waals surface area contributed by atoms with Crippen LogP contribution in [0.25, 0.3) is 11.1 Å². The lowest BCUT2D eigenvalue weighted by atomic mass is 10.0. The number of nitrogens with zero attached hydrogens (tertiary/aromatic N) is 1. The van der Waals surface area contributed by atoms with Crippen molar-refractivity contribution in [1.82, 2.24) is 0 Å². The summed E-state index contributed by atoms with van der Waals surface area (Å²) in [5.41, 5.74) is 2.21. The number of hydrogen-bond donors (Lipinski definition) is 1. The van der Waals surface area contributed by atoms with E-state index in [1.54, 1.807) is 36.4 Å². The fourth-order valence-corrected chi connectivity index (χ4v) is 1.98. The third-order valence-electron chi connectivity index (χ3n) is 3.00. The van der Waals surface area contributed by atoms with Gasteiger partial charge >= 0.3 is 5.97 Å². The Labute approximate surface area is 123 Å². The van der Waals surface area contributed by atoms with Crippen LogP contribution in [0.3, 0.4) is 0 Å². The Hall–Kier alpha value is -2.80. The summed E-state index contributed by atoms with van der Waals surface area (Å²) in [4.78, 5) is 11.4. The highest BCUT2D eigenvalue weighted by molar-refractivity contribution is 5.92. The average molecular weight is 281 g/mol. The first kappa shape index (κ1) is 14.6. The molecule has 0 amide bonds. The molecule has 0 aliphatic carbocycles. The number of carboxylic acids is 1. The van der Waals surface area contributed by atoms with Crippen LogP contribution in [0.2, 0.25) is 0 Å². The quantitative estimate of drug-likeness (QED) is 0.906. The Morgan fingerprint density at radius 1 is 1.24 bits per heavy atom. The van der Waals surface area contributed by atoms with Crippen LogP contribution in [0.5, 0.6) is 5.75 Å². The first-order chi connectivity index (χ1) is 10.2. The molecule has 0 fully saturated rings. The van der Waals surface area contributed by atoms with Gasteiger partial charge in [-0.15, -0.1) is 0 Å². The molecule has 0 saturated carbocycles.